The van der Waals surface area contributed by atoms with E-state index in [4.69, 9.17) is 15.0 Å². The molecule has 2 aliphatic rings. The van der Waals surface area contributed by atoms with Gasteiger partial charge in [0.2, 0.25) is 5.89 Å². The van der Waals surface area contributed by atoms with Gasteiger partial charge in [0, 0.05) is 13.2 Å². The van der Waals surface area contributed by atoms with Crippen LogP contribution in [0.2, 0.25) is 0 Å². The highest BCUT2D eigenvalue weighted by Crippen LogP contribution is 2.28. The molecule has 1 aromatic rings. The summed E-state index contributed by atoms with van der Waals surface area (Å²) in [6.45, 7) is 4.15. The van der Waals surface area contributed by atoms with Crippen molar-refractivity contribution in [1.82, 2.24) is 19.9 Å². The zero-order valence-electron chi connectivity index (χ0n) is 12.2. The van der Waals surface area contributed by atoms with Crippen LogP contribution in [0.1, 0.15) is 30.6 Å². The topological polar surface area (TPSA) is 80.7 Å². The van der Waals surface area contributed by atoms with E-state index >= 15 is 0 Å². The highest BCUT2D eigenvalue weighted by atomic mass is 16.5. The molecule has 2 saturated heterocycles. The van der Waals surface area contributed by atoms with Gasteiger partial charge >= 0.3 is 0 Å². The van der Waals surface area contributed by atoms with Crippen LogP contribution in [0.25, 0.3) is 0 Å². The maximum Gasteiger partial charge on any atom is 0.249 e. The van der Waals surface area contributed by atoms with Crippen LogP contribution in [0.3, 0.4) is 0 Å². The second kappa shape index (κ2) is 5.40. The van der Waals surface area contributed by atoms with Crippen molar-refractivity contribution in [3.8, 4) is 0 Å². The Kier molecular flexibility index (Phi) is 3.76. The number of likely N-dealkylation sites (N-methyl/N-ethyl adjacent to an activating group) is 2. The number of aromatic nitrogens is 2. The molecule has 2 N–H and O–H groups in total. The van der Waals surface area contributed by atoms with E-state index in [0.717, 1.165) is 38.3 Å². The lowest BCUT2D eigenvalue weighted by molar-refractivity contribution is 0.165. The van der Waals surface area contributed by atoms with E-state index in [1.807, 2.05) is 0 Å². The molecule has 20 heavy (non-hydrogen) atoms. The van der Waals surface area contributed by atoms with Gasteiger partial charge in [-0.25, -0.2) is 0 Å². The third-order valence-electron chi connectivity index (χ3n) is 4.29. The van der Waals surface area contributed by atoms with Crippen molar-refractivity contribution in [2.45, 2.75) is 24.4 Å². The molecule has 2 unspecified atom stereocenters. The predicted molar refractivity (Wildman–Crippen MR) is 73.1 cm³/mol. The summed E-state index contributed by atoms with van der Waals surface area (Å²) in [7, 11) is 4.24. The first kappa shape index (κ1) is 13.9. The van der Waals surface area contributed by atoms with Crippen molar-refractivity contribution < 1.29 is 9.26 Å². The van der Waals surface area contributed by atoms with E-state index in [0.29, 0.717) is 19.1 Å². The molecule has 0 amide bonds. The van der Waals surface area contributed by atoms with Crippen molar-refractivity contribution in [2.24, 2.45) is 5.73 Å². The van der Waals surface area contributed by atoms with Crippen molar-refractivity contribution in [3.05, 3.63) is 11.7 Å². The van der Waals surface area contributed by atoms with Crippen LogP contribution >= 0.6 is 0 Å². The smallest absolute Gasteiger partial charge is 0.249 e. The van der Waals surface area contributed by atoms with E-state index in [2.05, 4.69) is 34.0 Å². The first-order chi connectivity index (χ1) is 9.58. The maximum absolute atomic E-state index is 6.27. The monoisotopic (exact) mass is 281 g/mol. The zero-order valence-corrected chi connectivity index (χ0v) is 12.2. The Hall–Kier alpha value is -1.02. The van der Waals surface area contributed by atoms with E-state index in [9.17, 15) is 0 Å². The summed E-state index contributed by atoms with van der Waals surface area (Å²) < 4.78 is 10.8. The van der Waals surface area contributed by atoms with Gasteiger partial charge in [0.15, 0.2) is 5.82 Å². The number of nitrogens with zero attached hydrogens (tertiary/aromatic N) is 4. The minimum atomic E-state index is -0.611. The second-order valence-corrected chi connectivity index (χ2v) is 6.03. The van der Waals surface area contributed by atoms with Gasteiger partial charge < -0.3 is 19.9 Å². The Bertz CT molecular complexity index is 457. The van der Waals surface area contributed by atoms with Crippen LogP contribution in [0.15, 0.2) is 4.52 Å². The van der Waals surface area contributed by atoms with Crippen LogP contribution < -0.4 is 5.73 Å². The number of hydrogen-bond donors (Lipinski definition) is 1. The Morgan fingerprint density at radius 2 is 2.20 bits per heavy atom. The fourth-order valence-electron chi connectivity index (χ4n) is 2.87. The molecular formula is C13H23N5O2. The summed E-state index contributed by atoms with van der Waals surface area (Å²) in [5, 5.41) is 4.17. The summed E-state index contributed by atoms with van der Waals surface area (Å²) in [6.07, 6.45) is 1.89. The lowest BCUT2D eigenvalue weighted by Crippen LogP contribution is -2.37. The lowest BCUT2D eigenvalue weighted by atomic mass is 10.0. The Balaban J connectivity index is 1.81. The van der Waals surface area contributed by atoms with Gasteiger partial charge in [0.25, 0.3) is 0 Å². The van der Waals surface area contributed by atoms with Crippen molar-refractivity contribution in [3.63, 3.8) is 0 Å². The standard InChI is InChI=1S/C13H23N5O2/c1-17-5-3-6-18(2)10(8-17)11-15-12(20-16-11)13(14)4-7-19-9-13/h10H,3-9,14H2,1-2H3. The minimum Gasteiger partial charge on any atom is -0.379 e. The van der Waals surface area contributed by atoms with Gasteiger partial charge in [0.1, 0.15) is 5.54 Å². The molecule has 0 radical (unpaired) electrons. The van der Waals surface area contributed by atoms with E-state index in [1.165, 1.54) is 0 Å². The molecule has 3 rings (SSSR count). The SMILES string of the molecule is CN1CCCN(C)C(c2noc(C3(N)CCOC3)n2)C1. The summed E-state index contributed by atoms with van der Waals surface area (Å²) >= 11 is 0. The average Bonchev–Trinajstić information content (AvgIpc) is 3.02. The fraction of sp³-hybridized carbons (Fsp3) is 0.846. The molecule has 2 atom stereocenters. The Morgan fingerprint density at radius 1 is 1.35 bits per heavy atom. The van der Waals surface area contributed by atoms with Gasteiger partial charge in [-0.05, 0) is 40.0 Å². The Morgan fingerprint density at radius 3 is 2.95 bits per heavy atom. The molecule has 0 aliphatic carbocycles. The zero-order chi connectivity index (χ0) is 14.2. The molecule has 3 heterocycles. The van der Waals surface area contributed by atoms with Gasteiger partial charge in [-0.1, -0.05) is 5.16 Å². The highest BCUT2D eigenvalue weighted by Gasteiger charge is 2.39. The second-order valence-electron chi connectivity index (χ2n) is 6.03. The molecule has 2 fully saturated rings. The van der Waals surface area contributed by atoms with Crippen LogP contribution in [0.4, 0.5) is 0 Å². The quantitative estimate of drug-likeness (QED) is 0.814. The van der Waals surface area contributed by atoms with Gasteiger partial charge in [-0.3, -0.25) is 4.90 Å². The third kappa shape index (κ3) is 2.58. The molecule has 0 aromatic carbocycles. The van der Waals surface area contributed by atoms with Crippen molar-refractivity contribution in [1.29, 1.82) is 0 Å². The first-order valence-corrected chi connectivity index (χ1v) is 7.18. The maximum atomic E-state index is 6.27. The molecule has 0 spiro atoms. The summed E-state index contributed by atoms with van der Waals surface area (Å²) in [5.74, 6) is 1.23. The molecule has 2 aliphatic heterocycles. The van der Waals surface area contributed by atoms with Crippen LogP contribution in [0, 0.1) is 0 Å². The highest BCUT2D eigenvalue weighted by molar-refractivity contribution is 5.07. The number of rotatable bonds is 2. The summed E-state index contributed by atoms with van der Waals surface area (Å²) in [4.78, 5) is 9.15. The van der Waals surface area contributed by atoms with E-state index < -0.39 is 5.54 Å². The molecule has 7 nitrogen and oxygen atoms in total. The normalized spacial score (nSPS) is 33.5. The largest absolute Gasteiger partial charge is 0.379 e. The summed E-state index contributed by atoms with van der Waals surface area (Å²) in [6, 6.07) is 0.158. The van der Waals surface area contributed by atoms with Crippen LogP contribution in [-0.4, -0.2) is 66.9 Å². The van der Waals surface area contributed by atoms with Crippen molar-refractivity contribution in [2.75, 3.05) is 46.9 Å². The fourth-order valence-corrected chi connectivity index (χ4v) is 2.87. The van der Waals surface area contributed by atoms with Crippen LogP contribution in [-0.2, 0) is 10.3 Å². The van der Waals surface area contributed by atoms with Crippen molar-refractivity contribution >= 4 is 0 Å². The molecular weight excluding hydrogens is 258 g/mol. The van der Waals surface area contributed by atoms with E-state index in [-0.39, 0.29) is 6.04 Å². The van der Waals surface area contributed by atoms with Gasteiger partial charge in [-0.2, -0.15) is 4.98 Å². The number of nitrogens with two attached hydrogens (primary N) is 1. The Labute approximate surface area is 119 Å². The number of hydrogen-bond acceptors (Lipinski definition) is 7. The van der Waals surface area contributed by atoms with Gasteiger partial charge in [0.05, 0.1) is 12.6 Å². The predicted octanol–water partition coefficient (Wildman–Crippen LogP) is -0.0477. The molecule has 1 aromatic heterocycles. The van der Waals surface area contributed by atoms with E-state index in [1.54, 1.807) is 0 Å². The molecule has 7 heteroatoms. The van der Waals surface area contributed by atoms with Gasteiger partial charge in [-0.15, -0.1) is 0 Å². The summed E-state index contributed by atoms with van der Waals surface area (Å²) in [5.41, 5.74) is 5.66. The first-order valence-electron chi connectivity index (χ1n) is 7.18. The lowest BCUT2D eigenvalue weighted by Gasteiger charge is -2.24. The minimum absolute atomic E-state index is 0.158. The third-order valence-corrected chi connectivity index (χ3v) is 4.29. The average molecular weight is 281 g/mol. The number of ether oxygens (including phenoxy) is 1. The molecule has 0 saturated carbocycles. The molecule has 112 valence electrons. The van der Waals surface area contributed by atoms with Crippen LogP contribution in [0.5, 0.6) is 0 Å². The molecule has 0 bridgehead atoms.